The van der Waals surface area contributed by atoms with Crippen molar-refractivity contribution in [1.29, 1.82) is 0 Å². The summed E-state index contributed by atoms with van der Waals surface area (Å²) in [7, 11) is 0. The Morgan fingerprint density at radius 3 is 2.74 bits per heavy atom. The Morgan fingerprint density at radius 2 is 2.09 bits per heavy atom. The molecule has 2 fully saturated rings. The summed E-state index contributed by atoms with van der Waals surface area (Å²) in [5.41, 5.74) is 0.00606. The van der Waals surface area contributed by atoms with E-state index in [1.165, 1.54) is 12.1 Å². The molecule has 0 aliphatic heterocycles. The number of hydrogen-bond acceptors (Lipinski definition) is 4. The maximum Gasteiger partial charge on any atom is 0.282 e. The first kappa shape index (κ1) is 15.9. The van der Waals surface area contributed by atoms with Gasteiger partial charge in [-0.2, -0.15) is 0 Å². The van der Waals surface area contributed by atoms with E-state index in [-0.39, 0.29) is 34.7 Å². The molecule has 6 heteroatoms. The lowest BCUT2D eigenvalue weighted by atomic mass is 9.60. The summed E-state index contributed by atoms with van der Waals surface area (Å²) in [5, 5.41) is 14.1. The third-order valence-electron chi connectivity index (χ3n) is 5.34. The van der Waals surface area contributed by atoms with Gasteiger partial charge in [0.25, 0.3) is 11.6 Å². The Hall–Kier alpha value is -1.95. The molecule has 0 heterocycles. The SMILES string of the molecule is CCO[C@@H]1C[C@@H](NC(=O)c2ccccc2[N+](=O)[O-])C12CCCC2. The normalized spacial score (nSPS) is 25.1. The Morgan fingerprint density at radius 1 is 1.39 bits per heavy atom. The summed E-state index contributed by atoms with van der Waals surface area (Å²) in [6.07, 6.45) is 5.41. The van der Waals surface area contributed by atoms with Gasteiger partial charge in [0.2, 0.25) is 0 Å². The molecule has 1 aromatic rings. The van der Waals surface area contributed by atoms with Crippen molar-refractivity contribution in [2.24, 2.45) is 5.41 Å². The number of nitro benzene ring substituents is 1. The molecule has 1 amide bonds. The van der Waals surface area contributed by atoms with E-state index >= 15 is 0 Å². The molecule has 2 saturated carbocycles. The van der Waals surface area contributed by atoms with Gasteiger partial charge in [0, 0.05) is 24.1 Å². The van der Waals surface area contributed by atoms with E-state index in [2.05, 4.69) is 5.32 Å². The van der Waals surface area contributed by atoms with Crippen LogP contribution in [0.25, 0.3) is 0 Å². The number of rotatable bonds is 5. The maximum absolute atomic E-state index is 12.5. The van der Waals surface area contributed by atoms with Gasteiger partial charge in [-0.3, -0.25) is 14.9 Å². The number of para-hydroxylation sites is 1. The molecule has 1 N–H and O–H groups in total. The molecule has 0 radical (unpaired) electrons. The predicted molar refractivity (Wildman–Crippen MR) is 85.3 cm³/mol. The predicted octanol–water partition coefficient (Wildman–Crippen LogP) is 3.06. The number of hydrogen-bond donors (Lipinski definition) is 1. The van der Waals surface area contributed by atoms with Crippen molar-refractivity contribution in [1.82, 2.24) is 5.32 Å². The van der Waals surface area contributed by atoms with Crippen molar-refractivity contribution < 1.29 is 14.5 Å². The molecule has 3 rings (SSSR count). The van der Waals surface area contributed by atoms with Crippen LogP contribution in [0.3, 0.4) is 0 Å². The monoisotopic (exact) mass is 318 g/mol. The molecule has 0 unspecified atom stereocenters. The Bertz CT molecular complexity index is 610. The molecule has 0 bridgehead atoms. The van der Waals surface area contributed by atoms with Crippen molar-refractivity contribution in [3.8, 4) is 0 Å². The molecule has 1 spiro atoms. The number of nitrogens with one attached hydrogen (secondary N) is 1. The van der Waals surface area contributed by atoms with Gasteiger partial charge in [-0.1, -0.05) is 25.0 Å². The third kappa shape index (κ3) is 2.72. The van der Waals surface area contributed by atoms with Crippen LogP contribution in [0.15, 0.2) is 24.3 Å². The number of ether oxygens (including phenoxy) is 1. The minimum atomic E-state index is -0.510. The molecule has 0 saturated heterocycles. The number of carbonyl (C=O) groups excluding carboxylic acids is 1. The van der Waals surface area contributed by atoms with Gasteiger partial charge in [-0.25, -0.2) is 0 Å². The van der Waals surface area contributed by atoms with Crippen LogP contribution in [0.4, 0.5) is 5.69 Å². The van der Waals surface area contributed by atoms with Gasteiger partial charge in [0.1, 0.15) is 5.56 Å². The van der Waals surface area contributed by atoms with Crippen LogP contribution in [0.2, 0.25) is 0 Å². The van der Waals surface area contributed by atoms with E-state index in [1.807, 2.05) is 6.92 Å². The Kier molecular flexibility index (Phi) is 4.35. The van der Waals surface area contributed by atoms with Gasteiger partial charge >= 0.3 is 0 Å². The lowest BCUT2D eigenvalue weighted by Crippen LogP contribution is -2.63. The fourth-order valence-electron chi connectivity index (χ4n) is 4.15. The first-order chi connectivity index (χ1) is 11.1. The van der Waals surface area contributed by atoms with E-state index in [9.17, 15) is 14.9 Å². The average Bonchev–Trinajstić information content (AvgIpc) is 3.06. The lowest BCUT2D eigenvalue weighted by molar-refractivity contribution is -0.385. The van der Waals surface area contributed by atoms with E-state index in [4.69, 9.17) is 4.74 Å². The summed E-state index contributed by atoms with van der Waals surface area (Å²) >= 11 is 0. The zero-order valence-corrected chi connectivity index (χ0v) is 13.3. The van der Waals surface area contributed by atoms with Crippen molar-refractivity contribution >= 4 is 11.6 Å². The molecular formula is C17H22N2O4. The van der Waals surface area contributed by atoms with Gasteiger partial charge < -0.3 is 10.1 Å². The van der Waals surface area contributed by atoms with Crippen LogP contribution in [0, 0.1) is 15.5 Å². The largest absolute Gasteiger partial charge is 0.378 e. The number of amides is 1. The summed E-state index contributed by atoms with van der Waals surface area (Å²) in [5.74, 6) is -0.358. The number of nitro groups is 1. The van der Waals surface area contributed by atoms with Crippen molar-refractivity contribution in [3.63, 3.8) is 0 Å². The van der Waals surface area contributed by atoms with Gasteiger partial charge in [-0.15, -0.1) is 0 Å². The summed E-state index contributed by atoms with van der Waals surface area (Å²) in [6.45, 7) is 2.67. The van der Waals surface area contributed by atoms with Crippen molar-refractivity contribution in [2.45, 2.75) is 51.2 Å². The fraction of sp³-hybridized carbons (Fsp3) is 0.588. The molecule has 23 heavy (non-hydrogen) atoms. The number of nitrogens with zero attached hydrogens (tertiary/aromatic N) is 1. The molecular weight excluding hydrogens is 296 g/mol. The minimum Gasteiger partial charge on any atom is -0.378 e. The Labute approximate surface area is 135 Å². The highest BCUT2D eigenvalue weighted by Crippen LogP contribution is 2.54. The molecule has 124 valence electrons. The minimum absolute atomic E-state index is 0.0230. The smallest absolute Gasteiger partial charge is 0.282 e. The standard InChI is InChI=1S/C17H22N2O4/c1-2-23-15-11-14(17(15)9-5-6-10-17)18-16(20)12-7-3-4-8-13(12)19(21)22/h3-4,7-8,14-15H,2,5-6,9-11H2,1H3,(H,18,20)/t14-,15-/m1/s1. The van der Waals surface area contributed by atoms with Crippen molar-refractivity contribution in [2.75, 3.05) is 6.61 Å². The zero-order chi connectivity index (χ0) is 16.4. The zero-order valence-electron chi connectivity index (χ0n) is 13.3. The molecule has 2 aliphatic rings. The number of benzene rings is 1. The van der Waals surface area contributed by atoms with Crippen molar-refractivity contribution in [3.05, 3.63) is 39.9 Å². The summed E-state index contributed by atoms with van der Waals surface area (Å²) in [4.78, 5) is 23.1. The highest BCUT2D eigenvalue weighted by atomic mass is 16.6. The quantitative estimate of drug-likeness (QED) is 0.668. The number of carbonyl (C=O) groups is 1. The van der Waals surface area contributed by atoms with Crippen LogP contribution >= 0.6 is 0 Å². The van der Waals surface area contributed by atoms with E-state index < -0.39 is 4.92 Å². The van der Waals surface area contributed by atoms with Crippen LogP contribution in [-0.2, 0) is 4.74 Å². The molecule has 0 aromatic heterocycles. The van der Waals surface area contributed by atoms with E-state index in [0.717, 1.165) is 32.1 Å². The van der Waals surface area contributed by atoms with Gasteiger partial charge in [0.05, 0.1) is 11.0 Å². The maximum atomic E-state index is 12.5. The highest BCUT2D eigenvalue weighted by molar-refractivity contribution is 5.98. The highest BCUT2D eigenvalue weighted by Gasteiger charge is 2.57. The fourth-order valence-corrected chi connectivity index (χ4v) is 4.15. The van der Waals surface area contributed by atoms with Crippen LogP contribution in [0.1, 0.15) is 49.4 Å². The molecule has 2 atom stereocenters. The van der Waals surface area contributed by atoms with Crippen LogP contribution in [0.5, 0.6) is 0 Å². The second kappa shape index (κ2) is 6.28. The topological polar surface area (TPSA) is 81.5 Å². The van der Waals surface area contributed by atoms with Crippen LogP contribution < -0.4 is 5.32 Å². The lowest BCUT2D eigenvalue weighted by Gasteiger charge is -2.54. The van der Waals surface area contributed by atoms with E-state index in [1.54, 1.807) is 12.1 Å². The molecule has 1 aromatic carbocycles. The second-order valence-corrected chi connectivity index (χ2v) is 6.42. The first-order valence-corrected chi connectivity index (χ1v) is 8.24. The molecule has 2 aliphatic carbocycles. The Balaban J connectivity index is 1.75. The van der Waals surface area contributed by atoms with E-state index in [0.29, 0.717) is 6.61 Å². The molecule has 6 nitrogen and oxygen atoms in total. The third-order valence-corrected chi connectivity index (χ3v) is 5.34. The first-order valence-electron chi connectivity index (χ1n) is 8.24. The summed E-state index contributed by atoms with van der Waals surface area (Å²) < 4.78 is 5.84. The second-order valence-electron chi connectivity index (χ2n) is 6.42. The van der Waals surface area contributed by atoms with Crippen LogP contribution in [-0.4, -0.2) is 29.6 Å². The van der Waals surface area contributed by atoms with Gasteiger partial charge in [-0.05, 0) is 32.3 Å². The van der Waals surface area contributed by atoms with Gasteiger partial charge in [0.15, 0.2) is 0 Å². The average molecular weight is 318 g/mol. The summed E-state index contributed by atoms with van der Waals surface area (Å²) in [6, 6.07) is 6.14.